The number of ether oxygens (including phenoxy) is 1. The maximum atomic E-state index is 11.2. The van der Waals surface area contributed by atoms with Crippen LogP contribution in [0.5, 0.6) is 0 Å². The van der Waals surface area contributed by atoms with Gasteiger partial charge in [-0.3, -0.25) is 0 Å². The molecule has 0 aliphatic rings. The summed E-state index contributed by atoms with van der Waals surface area (Å²) in [6.45, 7) is 4.76. The van der Waals surface area contributed by atoms with E-state index in [1.807, 2.05) is 36.7 Å². The third kappa shape index (κ3) is 3.95. The Morgan fingerprint density at radius 2 is 1.95 bits per heavy atom. The molecule has 4 nitrogen and oxygen atoms in total. The molecule has 1 aromatic carbocycles. The Morgan fingerprint density at radius 1 is 1.23 bits per heavy atom. The number of benzene rings is 1. The van der Waals surface area contributed by atoms with Crippen molar-refractivity contribution in [2.24, 2.45) is 0 Å². The molecule has 0 radical (unpaired) electrons. The van der Waals surface area contributed by atoms with Crippen molar-refractivity contribution in [3.8, 4) is 0 Å². The minimum absolute atomic E-state index is 0.351. The molecule has 2 rings (SSSR count). The van der Waals surface area contributed by atoms with E-state index in [9.17, 15) is 4.79 Å². The number of H-pyrrole nitrogens is 1. The van der Waals surface area contributed by atoms with Gasteiger partial charge in [0.2, 0.25) is 5.69 Å². The molecule has 0 amide bonds. The number of allylic oxidation sites excluding steroid dienone is 1. The molecule has 1 N–H and O–H groups in total. The van der Waals surface area contributed by atoms with Crippen LogP contribution < -0.4 is 4.68 Å². The maximum Gasteiger partial charge on any atom is 0.330 e. The first-order valence-corrected chi connectivity index (χ1v) is 7.18. The average Bonchev–Trinajstić information content (AvgIpc) is 2.80. The van der Waals surface area contributed by atoms with Crippen molar-refractivity contribution in [2.75, 3.05) is 7.11 Å². The minimum atomic E-state index is -0.351. The monoisotopic (exact) mass is 297 g/mol. The van der Waals surface area contributed by atoms with Crippen molar-refractivity contribution in [3.63, 3.8) is 0 Å². The summed E-state index contributed by atoms with van der Waals surface area (Å²) < 4.78 is 6.67. The first-order valence-electron chi connectivity index (χ1n) is 7.18. The maximum absolute atomic E-state index is 11.2. The zero-order valence-electron chi connectivity index (χ0n) is 13.2. The molecular weight excluding hydrogens is 276 g/mol. The van der Waals surface area contributed by atoms with Gasteiger partial charge in [0.15, 0.2) is 6.54 Å². The number of aromatic amines is 1. The SMILES string of the molecule is COC(=O)C=Cc1c(C)[nH][n+](CC=Cc2ccccc2)c1C. The Hall–Kier alpha value is -2.62. The number of hydrogen-bond donors (Lipinski definition) is 1. The lowest BCUT2D eigenvalue weighted by atomic mass is 10.2. The quantitative estimate of drug-likeness (QED) is 0.524. The summed E-state index contributed by atoms with van der Waals surface area (Å²) in [5.41, 5.74) is 4.29. The lowest BCUT2D eigenvalue weighted by Crippen LogP contribution is -2.37. The van der Waals surface area contributed by atoms with Crippen LogP contribution in [-0.2, 0) is 16.1 Å². The number of rotatable bonds is 5. The van der Waals surface area contributed by atoms with Crippen LogP contribution >= 0.6 is 0 Å². The second-order valence-electron chi connectivity index (χ2n) is 5.02. The van der Waals surface area contributed by atoms with Gasteiger partial charge >= 0.3 is 5.97 Å². The third-order valence-corrected chi connectivity index (χ3v) is 3.49. The molecule has 0 fully saturated rings. The number of methoxy groups -OCH3 is 1. The van der Waals surface area contributed by atoms with Crippen molar-refractivity contribution >= 4 is 18.1 Å². The topological polar surface area (TPSA) is 46.0 Å². The van der Waals surface area contributed by atoms with Crippen molar-refractivity contribution in [2.45, 2.75) is 20.4 Å². The molecule has 0 bridgehead atoms. The number of nitrogens with zero attached hydrogens (tertiary/aromatic N) is 1. The zero-order valence-corrected chi connectivity index (χ0v) is 13.2. The molecule has 1 heterocycles. The zero-order chi connectivity index (χ0) is 15.9. The van der Waals surface area contributed by atoms with Crippen LogP contribution in [0.25, 0.3) is 12.2 Å². The average molecular weight is 297 g/mol. The first-order chi connectivity index (χ1) is 10.6. The highest BCUT2D eigenvalue weighted by molar-refractivity contribution is 5.87. The number of nitrogens with one attached hydrogen (secondary N) is 1. The summed E-state index contributed by atoms with van der Waals surface area (Å²) in [7, 11) is 1.37. The number of hydrogen-bond acceptors (Lipinski definition) is 2. The largest absolute Gasteiger partial charge is 0.466 e. The minimum Gasteiger partial charge on any atom is -0.466 e. The Labute approximate surface area is 130 Å². The van der Waals surface area contributed by atoms with Gasteiger partial charge in [0.05, 0.1) is 18.4 Å². The fraction of sp³-hybridized carbons (Fsp3) is 0.222. The number of aromatic nitrogens is 2. The van der Waals surface area contributed by atoms with Crippen molar-refractivity contribution in [1.29, 1.82) is 0 Å². The van der Waals surface area contributed by atoms with Crippen LogP contribution in [0.4, 0.5) is 0 Å². The van der Waals surface area contributed by atoms with Gasteiger partial charge in [0.1, 0.15) is 0 Å². The van der Waals surface area contributed by atoms with Crippen LogP contribution in [-0.4, -0.2) is 18.2 Å². The van der Waals surface area contributed by atoms with Gasteiger partial charge in [0.25, 0.3) is 0 Å². The summed E-state index contributed by atoms with van der Waals surface area (Å²) in [5.74, 6) is -0.351. The highest BCUT2D eigenvalue weighted by Crippen LogP contribution is 2.10. The predicted molar refractivity (Wildman–Crippen MR) is 87.0 cm³/mol. The summed E-state index contributed by atoms with van der Waals surface area (Å²) in [4.78, 5) is 11.2. The molecule has 1 aromatic heterocycles. The van der Waals surface area contributed by atoms with Crippen molar-refractivity contribution in [3.05, 3.63) is 65.0 Å². The smallest absolute Gasteiger partial charge is 0.330 e. The molecule has 22 heavy (non-hydrogen) atoms. The van der Waals surface area contributed by atoms with E-state index in [0.29, 0.717) is 0 Å². The first kappa shape index (κ1) is 15.8. The van der Waals surface area contributed by atoms with Crippen molar-refractivity contribution in [1.82, 2.24) is 5.10 Å². The van der Waals surface area contributed by atoms with Gasteiger partial charge in [-0.15, -0.1) is 4.68 Å². The van der Waals surface area contributed by atoms with Crippen LogP contribution in [0.2, 0.25) is 0 Å². The van der Waals surface area contributed by atoms with Crippen molar-refractivity contribution < 1.29 is 14.2 Å². The van der Waals surface area contributed by atoms with E-state index >= 15 is 0 Å². The molecule has 4 heteroatoms. The van der Waals surface area contributed by atoms with Crippen LogP contribution in [0.3, 0.4) is 0 Å². The fourth-order valence-electron chi connectivity index (χ4n) is 2.27. The second kappa shape index (κ2) is 7.41. The van der Waals surface area contributed by atoms with Crippen LogP contribution in [0, 0.1) is 13.8 Å². The van der Waals surface area contributed by atoms with E-state index in [4.69, 9.17) is 0 Å². The highest BCUT2D eigenvalue weighted by atomic mass is 16.5. The summed E-state index contributed by atoms with van der Waals surface area (Å²) in [5, 5.41) is 3.30. The molecule has 0 atom stereocenters. The molecule has 0 unspecified atom stereocenters. The predicted octanol–water partition coefficient (Wildman–Crippen LogP) is 2.82. The van der Waals surface area contributed by atoms with E-state index in [1.165, 1.54) is 18.7 Å². The second-order valence-corrected chi connectivity index (χ2v) is 5.02. The van der Waals surface area contributed by atoms with Gasteiger partial charge in [-0.1, -0.05) is 36.4 Å². The van der Waals surface area contributed by atoms with Gasteiger partial charge in [-0.2, -0.15) is 5.10 Å². The molecule has 0 aliphatic carbocycles. The Kier molecular flexibility index (Phi) is 5.31. The Balaban J connectivity index is 2.11. The normalized spacial score (nSPS) is 11.4. The highest BCUT2D eigenvalue weighted by Gasteiger charge is 2.15. The molecule has 0 saturated carbocycles. The summed E-state index contributed by atoms with van der Waals surface area (Å²) >= 11 is 0. The number of carbonyl (C=O) groups is 1. The molecule has 114 valence electrons. The van der Waals surface area contributed by atoms with Gasteiger partial charge in [-0.25, -0.2) is 4.79 Å². The third-order valence-electron chi connectivity index (χ3n) is 3.49. The number of esters is 1. The number of aryl methyl sites for hydroxylation is 1. The van der Waals surface area contributed by atoms with E-state index in [1.54, 1.807) is 6.08 Å². The van der Waals surface area contributed by atoms with Gasteiger partial charge in [-0.05, 0) is 24.6 Å². The standard InChI is InChI=1S/C18H20N2O2/c1-14-17(11-12-18(21)22-3)15(2)20(19-14)13-7-10-16-8-5-4-6-9-16/h4-12H,13H2,1-3H3/p+1. The van der Waals surface area contributed by atoms with E-state index in [0.717, 1.165) is 23.5 Å². The Morgan fingerprint density at radius 3 is 2.64 bits per heavy atom. The van der Waals surface area contributed by atoms with Gasteiger partial charge < -0.3 is 4.74 Å². The van der Waals surface area contributed by atoms with E-state index in [2.05, 4.69) is 34.1 Å². The summed E-state index contributed by atoms with van der Waals surface area (Å²) in [6, 6.07) is 10.2. The number of carbonyl (C=O) groups excluding carboxylic acids is 1. The molecule has 0 saturated heterocycles. The summed E-state index contributed by atoms with van der Waals surface area (Å²) in [6.07, 6.45) is 7.41. The lowest BCUT2D eigenvalue weighted by molar-refractivity contribution is -0.746. The van der Waals surface area contributed by atoms with Crippen LogP contribution in [0.15, 0.2) is 42.5 Å². The van der Waals surface area contributed by atoms with Crippen LogP contribution in [0.1, 0.15) is 22.5 Å². The molecule has 2 aromatic rings. The Bertz CT molecular complexity index is 697. The van der Waals surface area contributed by atoms with E-state index < -0.39 is 0 Å². The molecule has 0 spiro atoms. The molecule has 0 aliphatic heterocycles. The van der Waals surface area contributed by atoms with E-state index in [-0.39, 0.29) is 5.97 Å². The lowest BCUT2D eigenvalue weighted by Gasteiger charge is -1.92. The fourth-order valence-corrected chi connectivity index (χ4v) is 2.27. The molecular formula is C18H21N2O2+. The van der Waals surface area contributed by atoms with Gasteiger partial charge in [0, 0.05) is 13.0 Å².